The molecule has 3 rings (SSSR count). The summed E-state index contributed by atoms with van der Waals surface area (Å²) in [7, 11) is 0. The van der Waals surface area contributed by atoms with Gasteiger partial charge in [-0.1, -0.05) is 0 Å². The van der Waals surface area contributed by atoms with E-state index >= 15 is 0 Å². The van der Waals surface area contributed by atoms with Crippen molar-refractivity contribution >= 4 is 45.8 Å². The van der Waals surface area contributed by atoms with Crippen LogP contribution in [0.25, 0.3) is 0 Å². The molecule has 0 saturated carbocycles. The van der Waals surface area contributed by atoms with Crippen LogP contribution in [0.5, 0.6) is 0 Å². The Balaban J connectivity index is 1.66. The Kier molecular flexibility index (Phi) is 6.63. The van der Waals surface area contributed by atoms with Gasteiger partial charge in [-0.3, -0.25) is 9.59 Å². The minimum atomic E-state index is -0.759. The van der Waals surface area contributed by atoms with Crippen LogP contribution in [0.4, 0.5) is 5.00 Å². The highest BCUT2D eigenvalue weighted by Gasteiger charge is 2.28. The Morgan fingerprint density at radius 2 is 1.90 bits per heavy atom. The maximum atomic E-state index is 12.6. The number of hydrogen-bond acceptors (Lipinski definition) is 8. The van der Waals surface area contributed by atoms with E-state index in [0.717, 1.165) is 36.1 Å². The SMILES string of the molecule is CC(C)OC(=O)c1c(NC(=O)COC(=O)C2=NNC(=O)CC2)sc2c1CCCC2. The molecular weight excluding hydrogens is 398 g/mol. The molecule has 0 radical (unpaired) electrons. The maximum absolute atomic E-state index is 12.6. The maximum Gasteiger partial charge on any atom is 0.355 e. The molecule has 2 N–H and O–H groups in total. The van der Waals surface area contributed by atoms with E-state index in [1.54, 1.807) is 13.8 Å². The number of anilines is 1. The molecule has 0 bridgehead atoms. The van der Waals surface area contributed by atoms with Crippen LogP contribution < -0.4 is 10.7 Å². The molecule has 0 saturated heterocycles. The summed E-state index contributed by atoms with van der Waals surface area (Å²) in [5.74, 6) is -2.05. The standard InChI is InChI=1S/C19H23N3O6S/c1-10(2)28-19(26)16-11-5-3-4-6-13(11)29-17(16)20-15(24)9-27-18(25)12-7-8-14(23)22-21-12/h10H,3-9H2,1-2H3,(H,20,24)(H,22,23). The molecule has 0 spiro atoms. The van der Waals surface area contributed by atoms with Gasteiger partial charge < -0.3 is 14.8 Å². The smallest absolute Gasteiger partial charge is 0.355 e. The Bertz CT molecular complexity index is 874. The average molecular weight is 421 g/mol. The number of aryl methyl sites for hydroxylation is 1. The lowest BCUT2D eigenvalue weighted by Crippen LogP contribution is -2.32. The van der Waals surface area contributed by atoms with E-state index in [1.165, 1.54) is 11.3 Å². The van der Waals surface area contributed by atoms with Crippen molar-refractivity contribution in [3.8, 4) is 0 Å². The fraction of sp³-hybridized carbons (Fsp3) is 0.526. The summed E-state index contributed by atoms with van der Waals surface area (Å²) in [4.78, 5) is 49.0. The number of carbonyl (C=O) groups excluding carboxylic acids is 4. The highest BCUT2D eigenvalue weighted by atomic mass is 32.1. The lowest BCUT2D eigenvalue weighted by Gasteiger charge is -2.14. The van der Waals surface area contributed by atoms with Crippen molar-refractivity contribution < 1.29 is 28.7 Å². The van der Waals surface area contributed by atoms with Crippen LogP contribution in [0.15, 0.2) is 5.10 Å². The number of nitrogens with one attached hydrogen (secondary N) is 2. The zero-order chi connectivity index (χ0) is 21.0. The van der Waals surface area contributed by atoms with Gasteiger partial charge in [-0.2, -0.15) is 5.10 Å². The monoisotopic (exact) mass is 421 g/mol. The second kappa shape index (κ2) is 9.17. The van der Waals surface area contributed by atoms with Gasteiger partial charge in [0, 0.05) is 17.7 Å². The summed E-state index contributed by atoms with van der Waals surface area (Å²) in [5, 5.41) is 6.73. The fourth-order valence-electron chi connectivity index (χ4n) is 3.14. The molecule has 10 heteroatoms. The quantitative estimate of drug-likeness (QED) is 0.677. The molecule has 1 aliphatic heterocycles. The van der Waals surface area contributed by atoms with Crippen LogP contribution in [0.1, 0.15) is 60.3 Å². The highest BCUT2D eigenvalue weighted by Crippen LogP contribution is 2.38. The van der Waals surface area contributed by atoms with Crippen molar-refractivity contribution in [1.82, 2.24) is 5.43 Å². The van der Waals surface area contributed by atoms with E-state index < -0.39 is 24.5 Å². The fourth-order valence-corrected chi connectivity index (χ4v) is 4.43. The van der Waals surface area contributed by atoms with Gasteiger partial charge in [0.1, 0.15) is 10.7 Å². The Hall–Kier alpha value is -2.75. The van der Waals surface area contributed by atoms with Crippen LogP contribution in [-0.4, -0.2) is 42.2 Å². The number of nitrogens with zero attached hydrogens (tertiary/aromatic N) is 1. The number of fused-ring (bicyclic) bond motifs is 1. The molecule has 2 aliphatic rings. The van der Waals surface area contributed by atoms with E-state index in [2.05, 4.69) is 15.8 Å². The molecule has 1 aromatic rings. The third-order valence-electron chi connectivity index (χ3n) is 4.45. The molecular formula is C19H23N3O6S. The molecule has 1 aromatic heterocycles. The zero-order valence-corrected chi connectivity index (χ0v) is 17.1. The van der Waals surface area contributed by atoms with Gasteiger partial charge in [0.15, 0.2) is 6.61 Å². The minimum Gasteiger partial charge on any atom is -0.459 e. The number of hydrogen-bond donors (Lipinski definition) is 2. The van der Waals surface area contributed by atoms with Crippen molar-refractivity contribution in [2.45, 2.75) is 58.5 Å². The number of rotatable bonds is 6. The molecule has 0 unspecified atom stereocenters. The van der Waals surface area contributed by atoms with Crippen LogP contribution in [0.2, 0.25) is 0 Å². The minimum absolute atomic E-state index is 0.0604. The molecule has 0 fully saturated rings. The van der Waals surface area contributed by atoms with Crippen molar-refractivity contribution in [2.24, 2.45) is 5.10 Å². The van der Waals surface area contributed by atoms with Crippen molar-refractivity contribution in [3.05, 3.63) is 16.0 Å². The zero-order valence-electron chi connectivity index (χ0n) is 16.3. The Labute approximate surface area is 171 Å². The predicted molar refractivity (Wildman–Crippen MR) is 106 cm³/mol. The van der Waals surface area contributed by atoms with E-state index in [9.17, 15) is 19.2 Å². The molecule has 29 heavy (non-hydrogen) atoms. The number of ether oxygens (including phenoxy) is 2. The van der Waals surface area contributed by atoms with Gasteiger partial charge >= 0.3 is 11.9 Å². The molecule has 2 amide bonds. The second-order valence-corrected chi connectivity index (χ2v) is 8.19. The average Bonchev–Trinajstić information content (AvgIpc) is 3.04. The molecule has 2 heterocycles. The third kappa shape index (κ3) is 5.20. The summed E-state index contributed by atoms with van der Waals surface area (Å²) < 4.78 is 10.3. The number of carbonyl (C=O) groups is 4. The van der Waals surface area contributed by atoms with E-state index in [1.807, 2.05) is 0 Å². The Morgan fingerprint density at radius 3 is 2.59 bits per heavy atom. The molecule has 156 valence electrons. The van der Waals surface area contributed by atoms with Gasteiger partial charge in [-0.05, 0) is 45.1 Å². The van der Waals surface area contributed by atoms with Crippen LogP contribution in [0.3, 0.4) is 0 Å². The predicted octanol–water partition coefficient (Wildman–Crippen LogP) is 1.94. The molecule has 9 nitrogen and oxygen atoms in total. The van der Waals surface area contributed by atoms with Gasteiger partial charge in [0.2, 0.25) is 5.91 Å². The van der Waals surface area contributed by atoms with E-state index in [-0.39, 0.29) is 30.6 Å². The summed E-state index contributed by atoms with van der Waals surface area (Å²) in [6.07, 6.45) is 3.67. The summed E-state index contributed by atoms with van der Waals surface area (Å²) in [6, 6.07) is 0. The van der Waals surface area contributed by atoms with Gasteiger partial charge in [-0.25, -0.2) is 15.0 Å². The lowest BCUT2D eigenvalue weighted by atomic mass is 9.95. The molecule has 0 aromatic carbocycles. The first-order chi connectivity index (χ1) is 13.8. The summed E-state index contributed by atoms with van der Waals surface area (Å²) in [6.45, 7) is 3.02. The van der Waals surface area contributed by atoms with E-state index in [0.29, 0.717) is 10.6 Å². The number of amides is 2. The number of esters is 2. The topological polar surface area (TPSA) is 123 Å². The van der Waals surface area contributed by atoms with Crippen molar-refractivity contribution in [3.63, 3.8) is 0 Å². The van der Waals surface area contributed by atoms with Gasteiger partial charge in [-0.15, -0.1) is 11.3 Å². The van der Waals surface area contributed by atoms with Crippen LogP contribution >= 0.6 is 11.3 Å². The van der Waals surface area contributed by atoms with Crippen molar-refractivity contribution in [1.29, 1.82) is 0 Å². The first-order valence-electron chi connectivity index (χ1n) is 9.53. The van der Waals surface area contributed by atoms with Gasteiger partial charge in [0.25, 0.3) is 5.91 Å². The highest BCUT2D eigenvalue weighted by molar-refractivity contribution is 7.17. The summed E-state index contributed by atoms with van der Waals surface area (Å²) in [5.41, 5.74) is 3.60. The molecule has 0 atom stereocenters. The summed E-state index contributed by atoms with van der Waals surface area (Å²) >= 11 is 1.36. The molecule has 1 aliphatic carbocycles. The van der Waals surface area contributed by atoms with Crippen LogP contribution in [0, 0.1) is 0 Å². The first-order valence-corrected chi connectivity index (χ1v) is 10.3. The first kappa shape index (κ1) is 21.0. The second-order valence-electron chi connectivity index (χ2n) is 7.09. The number of hydrazone groups is 1. The lowest BCUT2D eigenvalue weighted by molar-refractivity contribution is -0.140. The van der Waals surface area contributed by atoms with E-state index in [4.69, 9.17) is 9.47 Å². The van der Waals surface area contributed by atoms with Gasteiger partial charge in [0.05, 0.1) is 11.7 Å². The van der Waals surface area contributed by atoms with Crippen molar-refractivity contribution in [2.75, 3.05) is 11.9 Å². The largest absolute Gasteiger partial charge is 0.459 e. The Morgan fingerprint density at radius 1 is 1.14 bits per heavy atom. The third-order valence-corrected chi connectivity index (χ3v) is 5.65. The normalized spacial score (nSPS) is 15.8. The number of thiophene rings is 1. The van der Waals surface area contributed by atoms with Crippen LogP contribution in [-0.2, 0) is 36.7 Å².